The average Bonchev–Trinajstić information content (AvgIpc) is 3.45. The molecule has 0 aliphatic carbocycles. The Morgan fingerprint density at radius 3 is 2.49 bits per heavy atom. The summed E-state index contributed by atoms with van der Waals surface area (Å²) < 4.78 is 19.0. The molecule has 37 heavy (non-hydrogen) atoms. The number of para-hydroxylation sites is 1. The van der Waals surface area contributed by atoms with Crippen LogP contribution in [0, 0.1) is 5.82 Å². The summed E-state index contributed by atoms with van der Waals surface area (Å²) in [6.07, 6.45) is 3.07. The predicted molar refractivity (Wildman–Crippen MR) is 140 cm³/mol. The first-order chi connectivity index (χ1) is 18.0. The van der Waals surface area contributed by atoms with E-state index in [-0.39, 0.29) is 23.7 Å². The van der Waals surface area contributed by atoms with Crippen molar-refractivity contribution in [1.82, 2.24) is 9.88 Å². The monoisotopic (exact) mass is 498 g/mol. The van der Waals surface area contributed by atoms with E-state index in [0.29, 0.717) is 24.3 Å². The SMILES string of the molecule is CCCOc1ccc(/C(O)=C2\C(=O)C(=O)N(CCc3ccc(F)cc3)C2c2c[nH]c3ccccc23)cc1. The van der Waals surface area contributed by atoms with Gasteiger partial charge in [0.25, 0.3) is 11.7 Å². The molecule has 2 N–H and O–H groups in total. The second-order valence-electron chi connectivity index (χ2n) is 9.03. The lowest BCUT2D eigenvalue weighted by molar-refractivity contribution is -0.139. The van der Waals surface area contributed by atoms with E-state index in [1.54, 1.807) is 42.6 Å². The number of aromatic nitrogens is 1. The predicted octanol–water partition coefficient (Wildman–Crippen LogP) is 5.76. The third-order valence-corrected chi connectivity index (χ3v) is 6.61. The number of ether oxygens (including phenoxy) is 1. The highest BCUT2D eigenvalue weighted by molar-refractivity contribution is 6.46. The molecule has 1 fully saturated rings. The number of likely N-dealkylation sites (tertiary alicyclic amines) is 1. The zero-order valence-corrected chi connectivity index (χ0v) is 20.4. The molecule has 0 bridgehead atoms. The highest BCUT2D eigenvalue weighted by Crippen LogP contribution is 2.42. The number of amides is 1. The van der Waals surface area contributed by atoms with Crippen LogP contribution in [-0.4, -0.2) is 39.8 Å². The third kappa shape index (κ3) is 4.72. The van der Waals surface area contributed by atoms with E-state index in [1.807, 2.05) is 31.2 Å². The van der Waals surface area contributed by atoms with Crippen molar-refractivity contribution in [3.8, 4) is 5.75 Å². The second kappa shape index (κ2) is 10.3. The number of carbonyl (C=O) groups is 2. The van der Waals surface area contributed by atoms with Gasteiger partial charge < -0.3 is 19.7 Å². The van der Waals surface area contributed by atoms with Crippen LogP contribution in [0.3, 0.4) is 0 Å². The molecule has 188 valence electrons. The molecule has 2 heterocycles. The number of hydrogen-bond acceptors (Lipinski definition) is 4. The first-order valence-electron chi connectivity index (χ1n) is 12.3. The zero-order valence-electron chi connectivity index (χ0n) is 20.4. The quantitative estimate of drug-likeness (QED) is 0.184. The van der Waals surface area contributed by atoms with E-state index in [9.17, 15) is 19.1 Å². The molecule has 1 amide bonds. The molecule has 1 aliphatic rings. The van der Waals surface area contributed by atoms with Crippen molar-refractivity contribution < 1.29 is 23.8 Å². The fourth-order valence-electron chi connectivity index (χ4n) is 4.74. The van der Waals surface area contributed by atoms with Crippen LogP contribution in [0.4, 0.5) is 4.39 Å². The first-order valence-corrected chi connectivity index (χ1v) is 12.3. The molecule has 7 heteroatoms. The summed E-state index contributed by atoms with van der Waals surface area (Å²) in [6.45, 7) is 2.81. The number of rotatable bonds is 8. The van der Waals surface area contributed by atoms with Crippen molar-refractivity contribution in [3.63, 3.8) is 0 Å². The maximum Gasteiger partial charge on any atom is 0.295 e. The van der Waals surface area contributed by atoms with Crippen molar-refractivity contribution >= 4 is 28.4 Å². The molecule has 6 nitrogen and oxygen atoms in total. The molecule has 0 saturated carbocycles. The number of carbonyl (C=O) groups excluding carboxylic acids is 2. The molecule has 0 radical (unpaired) electrons. The normalized spacial score (nSPS) is 17.0. The van der Waals surface area contributed by atoms with Crippen molar-refractivity contribution in [1.29, 1.82) is 0 Å². The fourth-order valence-corrected chi connectivity index (χ4v) is 4.74. The molecule has 1 aromatic heterocycles. The Hall–Kier alpha value is -4.39. The van der Waals surface area contributed by atoms with Crippen LogP contribution in [-0.2, 0) is 16.0 Å². The maximum atomic E-state index is 13.4. The van der Waals surface area contributed by atoms with Crippen molar-refractivity contribution in [2.45, 2.75) is 25.8 Å². The van der Waals surface area contributed by atoms with Gasteiger partial charge in [-0.2, -0.15) is 0 Å². The number of aromatic amines is 1. The van der Waals surface area contributed by atoms with Crippen LogP contribution >= 0.6 is 0 Å². The van der Waals surface area contributed by atoms with Crippen molar-refractivity contribution in [2.75, 3.05) is 13.2 Å². The number of fused-ring (bicyclic) bond motifs is 1. The van der Waals surface area contributed by atoms with Crippen LogP contribution in [0.5, 0.6) is 5.75 Å². The molecule has 0 spiro atoms. The number of aliphatic hydroxyl groups excluding tert-OH is 1. The van der Waals surface area contributed by atoms with Crippen LogP contribution in [0.25, 0.3) is 16.7 Å². The number of ketones is 1. The second-order valence-corrected chi connectivity index (χ2v) is 9.03. The zero-order chi connectivity index (χ0) is 25.9. The molecule has 1 atom stereocenters. The number of halogens is 1. The Morgan fingerprint density at radius 2 is 1.76 bits per heavy atom. The summed E-state index contributed by atoms with van der Waals surface area (Å²) in [7, 11) is 0. The molecular formula is C30H27FN2O4. The highest BCUT2D eigenvalue weighted by Gasteiger charge is 2.46. The molecular weight excluding hydrogens is 471 g/mol. The van der Waals surface area contributed by atoms with Gasteiger partial charge in [0, 0.05) is 34.8 Å². The summed E-state index contributed by atoms with van der Waals surface area (Å²) in [6, 6.07) is 19.7. The van der Waals surface area contributed by atoms with E-state index >= 15 is 0 Å². The molecule has 1 aliphatic heterocycles. The van der Waals surface area contributed by atoms with E-state index in [2.05, 4.69) is 4.98 Å². The van der Waals surface area contributed by atoms with Gasteiger partial charge in [-0.3, -0.25) is 9.59 Å². The maximum absolute atomic E-state index is 13.4. The summed E-state index contributed by atoms with van der Waals surface area (Å²) >= 11 is 0. The number of nitrogens with one attached hydrogen (secondary N) is 1. The van der Waals surface area contributed by atoms with Crippen LogP contribution in [0.2, 0.25) is 0 Å². The van der Waals surface area contributed by atoms with Crippen molar-refractivity contribution in [2.24, 2.45) is 0 Å². The van der Waals surface area contributed by atoms with Gasteiger partial charge in [-0.25, -0.2) is 4.39 Å². The lowest BCUT2D eigenvalue weighted by Crippen LogP contribution is -2.31. The Labute approximate surface area is 214 Å². The number of nitrogens with zero attached hydrogens (tertiary/aromatic N) is 1. The summed E-state index contributed by atoms with van der Waals surface area (Å²) in [5.74, 6) is -1.33. The van der Waals surface area contributed by atoms with Crippen LogP contribution in [0.1, 0.15) is 36.1 Å². The minimum Gasteiger partial charge on any atom is -0.507 e. The fraction of sp³-hybridized carbons (Fsp3) is 0.200. The molecule has 3 aromatic carbocycles. The number of aliphatic hydroxyl groups is 1. The molecule has 4 aromatic rings. The molecule has 1 saturated heterocycles. The summed E-state index contributed by atoms with van der Waals surface area (Å²) in [5.41, 5.74) is 2.88. The Morgan fingerprint density at radius 1 is 1.03 bits per heavy atom. The van der Waals surface area contributed by atoms with E-state index in [4.69, 9.17) is 4.74 Å². The first kappa shape index (κ1) is 24.3. The highest BCUT2D eigenvalue weighted by atomic mass is 19.1. The van der Waals surface area contributed by atoms with Gasteiger partial charge >= 0.3 is 0 Å². The Balaban J connectivity index is 1.57. The number of Topliss-reactive ketones (excluding diaryl/α,β-unsaturated/α-hetero) is 1. The number of hydrogen-bond donors (Lipinski definition) is 2. The molecule has 1 unspecified atom stereocenters. The average molecular weight is 499 g/mol. The van der Waals surface area contributed by atoms with Gasteiger partial charge in [-0.15, -0.1) is 0 Å². The van der Waals surface area contributed by atoms with E-state index < -0.39 is 17.7 Å². The van der Waals surface area contributed by atoms with Crippen LogP contribution < -0.4 is 4.74 Å². The van der Waals surface area contributed by atoms with Crippen LogP contribution in [0.15, 0.2) is 84.6 Å². The topological polar surface area (TPSA) is 82.6 Å². The number of H-pyrrole nitrogens is 1. The van der Waals surface area contributed by atoms with Gasteiger partial charge in [0.05, 0.1) is 18.2 Å². The van der Waals surface area contributed by atoms with Gasteiger partial charge in [0.2, 0.25) is 0 Å². The Bertz CT molecular complexity index is 1470. The minimum absolute atomic E-state index is 0.0380. The largest absolute Gasteiger partial charge is 0.507 e. The lowest BCUT2D eigenvalue weighted by atomic mass is 9.94. The summed E-state index contributed by atoms with van der Waals surface area (Å²) in [4.78, 5) is 31.3. The van der Waals surface area contributed by atoms with Gasteiger partial charge in [0.15, 0.2) is 0 Å². The van der Waals surface area contributed by atoms with Crippen molar-refractivity contribution in [3.05, 3.63) is 107 Å². The van der Waals surface area contributed by atoms with Gasteiger partial charge in [-0.05, 0) is 60.9 Å². The van der Waals surface area contributed by atoms with Gasteiger partial charge in [0.1, 0.15) is 17.3 Å². The number of benzene rings is 3. The van der Waals surface area contributed by atoms with Gasteiger partial charge in [-0.1, -0.05) is 37.3 Å². The minimum atomic E-state index is -0.785. The standard InChI is InChI=1S/C30H27FN2O4/c1-2-17-37-22-13-9-20(10-14-22)28(34)26-27(24-18-32-25-6-4-3-5-23(24)25)33(30(36)29(26)35)16-15-19-7-11-21(31)12-8-19/h3-14,18,27,32,34H,2,15-17H2,1H3/b28-26+. The third-order valence-electron chi connectivity index (χ3n) is 6.61. The smallest absolute Gasteiger partial charge is 0.295 e. The van der Waals surface area contributed by atoms with E-state index in [0.717, 1.165) is 28.5 Å². The lowest BCUT2D eigenvalue weighted by Gasteiger charge is -2.25. The Kier molecular flexibility index (Phi) is 6.77. The summed E-state index contributed by atoms with van der Waals surface area (Å²) in [5, 5.41) is 12.2. The van der Waals surface area contributed by atoms with E-state index in [1.165, 1.54) is 17.0 Å². The molecule has 5 rings (SSSR count).